The summed E-state index contributed by atoms with van der Waals surface area (Å²) in [5.41, 5.74) is 4.01. The van der Waals surface area contributed by atoms with E-state index in [-0.39, 0.29) is 50.5 Å². The number of aromatic nitrogens is 2. The van der Waals surface area contributed by atoms with Crippen LogP contribution in [0.3, 0.4) is 0 Å². The van der Waals surface area contributed by atoms with Gasteiger partial charge >= 0.3 is 12.1 Å². The lowest BCUT2D eigenvalue weighted by Gasteiger charge is -2.43. The summed E-state index contributed by atoms with van der Waals surface area (Å²) in [5, 5.41) is 9.45. The third-order valence-electron chi connectivity index (χ3n) is 8.04. The van der Waals surface area contributed by atoms with Crippen molar-refractivity contribution < 1.29 is 40.4 Å². The third kappa shape index (κ3) is 6.31. The molecule has 15 heteroatoms. The van der Waals surface area contributed by atoms with Gasteiger partial charge in [0.1, 0.15) is 0 Å². The lowest BCUT2D eigenvalue weighted by Crippen LogP contribution is -2.62. The maximum Gasteiger partial charge on any atom is 0.453 e. The van der Waals surface area contributed by atoms with Gasteiger partial charge in [0.15, 0.2) is 4.75 Å². The highest BCUT2D eigenvalue weighted by Gasteiger charge is 2.57. The molecule has 0 radical (unpaired) electrons. The fourth-order valence-corrected chi connectivity index (χ4v) is 7.55. The molecule has 0 atom stereocenters. The molecule has 2 aliphatic rings. The zero-order valence-corrected chi connectivity index (χ0v) is 23.2. The number of amides is 1. The molecular weight excluding hydrogens is 573 g/mol. The molecular formula is C26H32F5N5O4S. The van der Waals surface area contributed by atoms with E-state index < -0.39 is 45.6 Å². The Bertz CT molecular complexity index is 1310. The largest absolute Gasteiger partial charge is 0.453 e. The number of rotatable bonds is 8. The number of hydroxylamine groups is 1. The summed E-state index contributed by atoms with van der Waals surface area (Å²) in [6.07, 6.45) is -3.86. The minimum atomic E-state index is -5.61. The van der Waals surface area contributed by atoms with Crippen LogP contribution in [0.25, 0.3) is 0 Å². The Kier molecular flexibility index (Phi) is 8.90. The van der Waals surface area contributed by atoms with E-state index in [0.717, 1.165) is 11.4 Å². The standard InChI is InChI=1S/C26H32F5N5O4S/c1-18-2-4-21(17-32-18)35-14-10-24(11-15-35,23(37)34-38)41(39,40)36-12-7-20(8-13-36)22-5-3-19(16-33-22)6-9-25(27,28)26(29,30)31/h2-5,16-17,20,38H,6-15H2,1H3,(H,34,37). The van der Waals surface area contributed by atoms with Crippen molar-refractivity contribution in [1.29, 1.82) is 0 Å². The number of aryl methyl sites for hydroxylation is 2. The molecule has 2 saturated heterocycles. The van der Waals surface area contributed by atoms with Crippen LogP contribution >= 0.6 is 0 Å². The van der Waals surface area contributed by atoms with Crippen molar-refractivity contribution in [3.8, 4) is 0 Å². The fourth-order valence-electron chi connectivity index (χ4n) is 5.38. The van der Waals surface area contributed by atoms with Crippen LogP contribution in [-0.4, -0.2) is 76.8 Å². The van der Waals surface area contributed by atoms with Crippen LogP contribution in [0.4, 0.5) is 27.6 Å². The predicted octanol–water partition coefficient (Wildman–Crippen LogP) is 3.97. The van der Waals surface area contributed by atoms with Gasteiger partial charge in [-0.25, -0.2) is 18.2 Å². The van der Waals surface area contributed by atoms with E-state index >= 15 is 0 Å². The number of nitrogens with one attached hydrogen (secondary N) is 1. The molecule has 0 aromatic carbocycles. The molecule has 9 nitrogen and oxygen atoms in total. The predicted molar refractivity (Wildman–Crippen MR) is 139 cm³/mol. The van der Waals surface area contributed by atoms with Crippen LogP contribution in [-0.2, 0) is 21.2 Å². The van der Waals surface area contributed by atoms with Crippen molar-refractivity contribution in [1.82, 2.24) is 19.8 Å². The zero-order valence-electron chi connectivity index (χ0n) is 22.4. The molecule has 2 fully saturated rings. The van der Waals surface area contributed by atoms with Crippen molar-refractivity contribution in [2.45, 2.75) is 68.2 Å². The second-order valence-corrected chi connectivity index (χ2v) is 12.8. The first kappa shape index (κ1) is 31.0. The van der Waals surface area contributed by atoms with Crippen LogP contribution in [0.15, 0.2) is 36.7 Å². The Morgan fingerprint density at radius 2 is 1.68 bits per heavy atom. The highest BCUT2D eigenvalue weighted by Crippen LogP contribution is 2.40. The van der Waals surface area contributed by atoms with E-state index in [2.05, 4.69) is 9.97 Å². The Labute approximate surface area is 234 Å². The van der Waals surface area contributed by atoms with Crippen molar-refractivity contribution in [3.63, 3.8) is 0 Å². The second kappa shape index (κ2) is 11.8. The zero-order chi connectivity index (χ0) is 30.1. The van der Waals surface area contributed by atoms with Crippen LogP contribution in [0.5, 0.6) is 0 Å². The molecule has 0 bridgehead atoms. The Hall–Kier alpha value is -2.91. The van der Waals surface area contributed by atoms with Gasteiger partial charge in [0, 0.05) is 56.1 Å². The van der Waals surface area contributed by atoms with Crippen LogP contribution in [0.1, 0.15) is 55.0 Å². The molecule has 2 aromatic rings. The molecule has 1 amide bonds. The van der Waals surface area contributed by atoms with Gasteiger partial charge in [0.25, 0.3) is 5.91 Å². The monoisotopic (exact) mass is 605 g/mol. The number of anilines is 1. The van der Waals surface area contributed by atoms with E-state index in [1.54, 1.807) is 17.7 Å². The van der Waals surface area contributed by atoms with Gasteiger partial charge in [-0.2, -0.15) is 22.0 Å². The third-order valence-corrected chi connectivity index (χ3v) is 10.7. The van der Waals surface area contributed by atoms with Crippen LogP contribution < -0.4 is 10.4 Å². The second-order valence-electron chi connectivity index (χ2n) is 10.6. The Balaban J connectivity index is 1.39. The van der Waals surface area contributed by atoms with Gasteiger partial charge in [0.2, 0.25) is 10.0 Å². The molecule has 0 unspecified atom stereocenters. The van der Waals surface area contributed by atoms with Gasteiger partial charge in [-0.15, -0.1) is 0 Å². The number of sulfonamides is 1. The molecule has 2 aromatic heterocycles. The number of hydrogen-bond acceptors (Lipinski definition) is 7. The summed E-state index contributed by atoms with van der Waals surface area (Å²) in [6.45, 7) is 2.57. The summed E-state index contributed by atoms with van der Waals surface area (Å²) in [7, 11) is -4.18. The fraction of sp³-hybridized carbons (Fsp3) is 0.577. The Morgan fingerprint density at radius 3 is 2.20 bits per heavy atom. The Morgan fingerprint density at radius 1 is 1.02 bits per heavy atom. The average molecular weight is 606 g/mol. The highest BCUT2D eigenvalue weighted by molar-refractivity contribution is 7.91. The number of piperidine rings is 2. The van der Waals surface area contributed by atoms with E-state index in [0.29, 0.717) is 18.5 Å². The summed E-state index contributed by atoms with van der Waals surface area (Å²) in [5.74, 6) is -5.93. The van der Waals surface area contributed by atoms with E-state index in [1.807, 2.05) is 24.0 Å². The SMILES string of the molecule is Cc1ccc(N2CCC(C(=O)NO)(S(=O)(=O)N3CCC(c4ccc(CCC(F)(F)C(F)(F)F)cn4)CC3)CC2)cn1. The van der Waals surface area contributed by atoms with Gasteiger partial charge in [-0.1, -0.05) is 6.07 Å². The quantitative estimate of drug-likeness (QED) is 0.266. The number of carbonyl (C=O) groups excluding carboxylic acids is 1. The highest BCUT2D eigenvalue weighted by atomic mass is 32.2. The average Bonchev–Trinajstić information content (AvgIpc) is 2.96. The molecule has 2 aliphatic heterocycles. The van der Waals surface area contributed by atoms with Crippen molar-refractivity contribution in [2.24, 2.45) is 0 Å². The van der Waals surface area contributed by atoms with Gasteiger partial charge < -0.3 is 4.90 Å². The van der Waals surface area contributed by atoms with E-state index in [1.165, 1.54) is 16.6 Å². The molecule has 2 N–H and O–H groups in total. The minimum Gasteiger partial charge on any atom is -0.370 e. The topological polar surface area (TPSA) is 116 Å². The van der Waals surface area contributed by atoms with Crippen LogP contribution in [0.2, 0.25) is 0 Å². The normalized spacial score (nSPS) is 19.2. The summed E-state index contributed by atoms with van der Waals surface area (Å²) in [6, 6.07) is 6.73. The minimum absolute atomic E-state index is 0.0358. The number of pyridine rings is 2. The molecule has 226 valence electrons. The number of hydrogen-bond donors (Lipinski definition) is 2. The lowest BCUT2D eigenvalue weighted by atomic mass is 9.93. The van der Waals surface area contributed by atoms with Crippen molar-refractivity contribution in [2.75, 3.05) is 31.1 Å². The maximum atomic E-state index is 13.8. The first-order valence-electron chi connectivity index (χ1n) is 13.2. The molecule has 4 rings (SSSR count). The summed E-state index contributed by atoms with van der Waals surface area (Å²) < 4.78 is 90.8. The maximum absolute atomic E-state index is 13.8. The smallest absolute Gasteiger partial charge is 0.370 e. The molecule has 0 saturated carbocycles. The number of halogens is 5. The van der Waals surface area contributed by atoms with Gasteiger partial charge in [0.05, 0.1) is 11.9 Å². The van der Waals surface area contributed by atoms with Crippen molar-refractivity contribution in [3.05, 3.63) is 53.6 Å². The van der Waals surface area contributed by atoms with Crippen LogP contribution in [0, 0.1) is 6.92 Å². The molecule has 4 heterocycles. The lowest BCUT2D eigenvalue weighted by molar-refractivity contribution is -0.284. The van der Waals surface area contributed by atoms with Gasteiger partial charge in [-0.3, -0.25) is 20.0 Å². The first-order valence-corrected chi connectivity index (χ1v) is 14.7. The number of carbonyl (C=O) groups is 1. The van der Waals surface area contributed by atoms with E-state index in [4.69, 9.17) is 0 Å². The first-order chi connectivity index (χ1) is 19.2. The summed E-state index contributed by atoms with van der Waals surface area (Å²) >= 11 is 0. The molecule has 0 aliphatic carbocycles. The van der Waals surface area contributed by atoms with Gasteiger partial charge in [-0.05, 0) is 62.8 Å². The molecule has 0 spiro atoms. The van der Waals surface area contributed by atoms with E-state index in [9.17, 15) is 40.4 Å². The number of alkyl halides is 5. The molecule has 41 heavy (non-hydrogen) atoms. The van der Waals surface area contributed by atoms with Crippen molar-refractivity contribution >= 4 is 21.6 Å². The summed E-state index contributed by atoms with van der Waals surface area (Å²) in [4.78, 5) is 23.3. The number of nitrogens with zero attached hydrogens (tertiary/aromatic N) is 4.